The van der Waals surface area contributed by atoms with Gasteiger partial charge in [-0.1, -0.05) is 31.0 Å². The molecule has 1 N–H and O–H groups in total. The number of carbonyl (C=O) groups is 2. The van der Waals surface area contributed by atoms with Crippen LogP contribution in [0.5, 0.6) is 0 Å². The largest absolute Gasteiger partial charge is 0.278 e. The van der Waals surface area contributed by atoms with E-state index in [4.69, 9.17) is 0 Å². The van der Waals surface area contributed by atoms with Crippen molar-refractivity contribution in [1.82, 2.24) is 9.88 Å². The van der Waals surface area contributed by atoms with E-state index in [1.807, 2.05) is 6.92 Å². The van der Waals surface area contributed by atoms with Crippen LogP contribution in [0, 0.1) is 25.7 Å². The van der Waals surface area contributed by atoms with Crippen molar-refractivity contribution in [2.75, 3.05) is 4.72 Å². The number of fused-ring (bicyclic) bond motifs is 1. The summed E-state index contributed by atoms with van der Waals surface area (Å²) in [5, 5.41) is 0. The van der Waals surface area contributed by atoms with Crippen LogP contribution in [0.2, 0.25) is 0 Å². The average Bonchev–Trinajstić information content (AvgIpc) is 2.96. The zero-order chi connectivity index (χ0) is 21.5. The van der Waals surface area contributed by atoms with Crippen molar-refractivity contribution in [1.29, 1.82) is 0 Å². The molecule has 0 bridgehead atoms. The van der Waals surface area contributed by atoms with E-state index in [9.17, 15) is 18.0 Å². The molecule has 4 rings (SSSR count). The molecule has 30 heavy (non-hydrogen) atoms. The third kappa shape index (κ3) is 3.84. The minimum absolute atomic E-state index is 0.0935. The number of hydrogen-bond donors (Lipinski definition) is 1. The Morgan fingerprint density at radius 3 is 2.30 bits per heavy atom. The monoisotopic (exact) mass is 427 g/mol. The predicted octanol–water partition coefficient (Wildman–Crippen LogP) is 3.17. The van der Waals surface area contributed by atoms with E-state index in [2.05, 4.69) is 9.71 Å². The third-order valence-corrected chi connectivity index (χ3v) is 7.46. The molecule has 2 amide bonds. The van der Waals surface area contributed by atoms with Crippen LogP contribution in [0.4, 0.5) is 5.82 Å². The Morgan fingerprint density at radius 1 is 1.03 bits per heavy atom. The maximum absolute atomic E-state index is 12.9. The molecule has 0 spiro atoms. The van der Waals surface area contributed by atoms with Gasteiger partial charge in [0.1, 0.15) is 5.82 Å². The first-order valence-corrected chi connectivity index (χ1v) is 11.6. The second-order valence-corrected chi connectivity index (χ2v) is 9.84. The van der Waals surface area contributed by atoms with Crippen LogP contribution in [0.25, 0.3) is 0 Å². The van der Waals surface area contributed by atoms with Crippen molar-refractivity contribution >= 4 is 27.7 Å². The highest BCUT2D eigenvalue weighted by molar-refractivity contribution is 7.92. The molecule has 1 saturated carbocycles. The molecule has 2 aromatic rings. The van der Waals surface area contributed by atoms with Gasteiger partial charge in [-0.05, 0) is 55.5 Å². The van der Waals surface area contributed by atoms with Gasteiger partial charge in [-0.25, -0.2) is 13.4 Å². The Morgan fingerprint density at radius 2 is 1.70 bits per heavy atom. The minimum atomic E-state index is -3.86. The van der Waals surface area contributed by atoms with Crippen LogP contribution in [-0.4, -0.2) is 30.1 Å². The van der Waals surface area contributed by atoms with Gasteiger partial charge in [0.05, 0.1) is 23.3 Å². The van der Waals surface area contributed by atoms with E-state index in [1.165, 1.54) is 11.0 Å². The normalized spacial score (nSPS) is 21.6. The summed E-state index contributed by atoms with van der Waals surface area (Å²) in [6, 6.07) is 8.38. The SMILES string of the molecule is Cc1ccc(NS(=O)(=O)c2cc(CN3C(=O)[C@H]4CCCC[C@@H]4C3=O)ccc2C)nc1. The summed E-state index contributed by atoms with van der Waals surface area (Å²) in [6.07, 6.45) is 5.05. The van der Waals surface area contributed by atoms with Crippen molar-refractivity contribution in [3.8, 4) is 0 Å². The molecule has 0 radical (unpaired) electrons. The second kappa shape index (κ2) is 7.83. The molecule has 1 saturated heterocycles. The molecular weight excluding hydrogens is 402 g/mol. The molecule has 2 fully saturated rings. The number of pyridine rings is 1. The Labute approximate surface area is 176 Å². The summed E-state index contributed by atoms with van der Waals surface area (Å²) in [4.78, 5) is 31.0. The molecule has 0 unspecified atom stereocenters. The number of anilines is 1. The Kier molecular flexibility index (Phi) is 5.36. The first kappa shape index (κ1) is 20.5. The second-order valence-electron chi connectivity index (χ2n) is 8.19. The number of amides is 2. The number of sulfonamides is 1. The van der Waals surface area contributed by atoms with Crippen LogP contribution < -0.4 is 4.72 Å². The Balaban J connectivity index is 1.58. The Hall–Kier alpha value is -2.74. The summed E-state index contributed by atoms with van der Waals surface area (Å²) in [5.41, 5.74) is 2.11. The molecule has 158 valence electrons. The van der Waals surface area contributed by atoms with Gasteiger partial charge in [0, 0.05) is 6.20 Å². The molecule has 1 aromatic heterocycles. The van der Waals surface area contributed by atoms with Gasteiger partial charge in [-0.15, -0.1) is 0 Å². The van der Waals surface area contributed by atoms with Gasteiger partial charge >= 0.3 is 0 Å². The number of benzene rings is 1. The number of hydrogen-bond acceptors (Lipinski definition) is 5. The highest BCUT2D eigenvalue weighted by Gasteiger charge is 2.47. The van der Waals surface area contributed by atoms with E-state index in [0.29, 0.717) is 11.1 Å². The van der Waals surface area contributed by atoms with Crippen LogP contribution in [0.15, 0.2) is 41.4 Å². The summed E-state index contributed by atoms with van der Waals surface area (Å²) in [6.45, 7) is 3.67. The van der Waals surface area contributed by atoms with Gasteiger partial charge < -0.3 is 0 Å². The first-order chi connectivity index (χ1) is 14.3. The number of rotatable bonds is 5. The van der Waals surface area contributed by atoms with Gasteiger partial charge in [-0.3, -0.25) is 19.2 Å². The van der Waals surface area contributed by atoms with Gasteiger partial charge in [0.15, 0.2) is 0 Å². The maximum Gasteiger partial charge on any atom is 0.263 e. The highest BCUT2D eigenvalue weighted by atomic mass is 32.2. The molecule has 2 heterocycles. The summed E-state index contributed by atoms with van der Waals surface area (Å²) < 4.78 is 28.4. The lowest BCUT2D eigenvalue weighted by Gasteiger charge is -2.19. The van der Waals surface area contributed by atoms with Gasteiger partial charge in [0.2, 0.25) is 11.8 Å². The van der Waals surface area contributed by atoms with Crippen LogP contribution >= 0.6 is 0 Å². The number of aryl methyl sites for hydroxylation is 2. The average molecular weight is 428 g/mol. The van der Waals surface area contributed by atoms with E-state index in [1.54, 1.807) is 37.4 Å². The number of nitrogens with one attached hydrogen (secondary N) is 1. The van der Waals surface area contributed by atoms with Crippen molar-refractivity contribution in [2.45, 2.75) is 51.0 Å². The van der Waals surface area contributed by atoms with E-state index >= 15 is 0 Å². The molecule has 7 nitrogen and oxygen atoms in total. The van der Waals surface area contributed by atoms with Crippen LogP contribution in [0.3, 0.4) is 0 Å². The minimum Gasteiger partial charge on any atom is -0.278 e. The van der Waals surface area contributed by atoms with E-state index in [-0.39, 0.29) is 40.9 Å². The molecule has 1 aliphatic carbocycles. The fraction of sp³-hybridized carbons (Fsp3) is 0.409. The molecule has 1 aliphatic heterocycles. The zero-order valence-electron chi connectivity index (χ0n) is 17.1. The molecular formula is C22H25N3O4S. The molecule has 1 aromatic carbocycles. The first-order valence-electron chi connectivity index (χ1n) is 10.2. The lowest BCUT2D eigenvalue weighted by Crippen LogP contribution is -2.30. The molecule has 2 aliphatic rings. The maximum atomic E-state index is 12.9. The summed E-state index contributed by atoms with van der Waals surface area (Å²) in [7, 11) is -3.86. The van der Waals surface area contributed by atoms with Crippen molar-refractivity contribution in [3.05, 3.63) is 53.2 Å². The number of likely N-dealkylation sites (tertiary alicyclic amines) is 1. The summed E-state index contributed by atoms with van der Waals surface area (Å²) in [5.74, 6) is -0.448. The summed E-state index contributed by atoms with van der Waals surface area (Å²) >= 11 is 0. The lowest BCUT2D eigenvalue weighted by molar-refractivity contribution is -0.140. The van der Waals surface area contributed by atoms with Gasteiger partial charge in [0.25, 0.3) is 10.0 Å². The van der Waals surface area contributed by atoms with Crippen LogP contribution in [-0.2, 0) is 26.2 Å². The number of nitrogens with zero attached hydrogens (tertiary/aromatic N) is 2. The van der Waals surface area contributed by atoms with Crippen molar-refractivity contribution in [3.63, 3.8) is 0 Å². The quantitative estimate of drug-likeness (QED) is 0.740. The van der Waals surface area contributed by atoms with Crippen LogP contribution in [0.1, 0.15) is 42.4 Å². The Bertz CT molecular complexity index is 1070. The van der Waals surface area contributed by atoms with E-state index < -0.39 is 10.0 Å². The topological polar surface area (TPSA) is 96.4 Å². The molecule has 2 atom stereocenters. The van der Waals surface area contributed by atoms with Crippen molar-refractivity contribution < 1.29 is 18.0 Å². The lowest BCUT2D eigenvalue weighted by atomic mass is 9.81. The predicted molar refractivity (Wildman–Crippen MR) is 112 cm³/mol. The highest BCUT2D eigenvalue weighted by Crippen LogP contribution is 2.38. The fourth-order valence-corrected chi connectivity index (χ4v) is 5.63. The molecule has 8 heteroatoms. The van der Waals surface area contributed by atoms with E-state index in [0.717, 1.165) is 31.2 Å². The van der Waals surface area contributed by atoms with Gasteiger partial charge in [-0.2, -0.15) is 0 Å². The number of carbonyl (C=O) groups excluding carboxylic acids is 2. The standard InChI is InChI=1S/C22H25N3O4S/c1-14-7-10-20(23-12-14)24-30(28,29)19-11-16(9-8-15(19)2)13-25-21(26)17-5-3-4-6-18(17)22(25)27/h7-12,17-18H,3-6,13H2,1-2H3,(H,23,24)/t17-,18-/m0/s1. The third-order valence-electron chi connectivity index (χ3n) is 5.97. The van der Waals surface area contributed by atoms with Crippen molar-refractivity contribution in [2.24, 2.45) is 11.8 Å². The number of imide groups is 1. The fourth-order valence-electron chi connectivity index (χ4n) is 4.32. The smallest absolute Gasteiger partial charge is 0.263 e. The zero-order valence-corrected chi connectivity index (χ0v) is 17.9. The number of aromatic nitrogens is 1.